The van der Waals surface area contributed by atoms with Crippen LogP contribution in [-0.2, 0) is 12.8 Å². The van der Waals surface area contributed by atoms with E-state index in [1.54, 1.807) is 5.57 Å². The third kappa shape index (κ3) is 3.16. The van der Waals surface area contributed by atoms with Gasteiger partial charge in [0, 0.05) is 0 Å². The molecule has 1 aliphatic carbocycles. The summed E-state index contributed by atoms with van der Waals surface area (Å²) in [5.41, 5.74) is 8.84. The summed E-state index contributed by atoms with van der Waals surface area (Å²) in [4.78, 5) is 0. The average Bonchev–Trinajstić information content (AvgIpc) is 2.93. The maximum Gasteiger partial charge on any atom is -0.00854 e. The molecule has 0 aromatic heterocycles. The quantitative estimate of drug-likeness (QED) is 0.643. The molecule has 0 bridgehead atoms. The van der Waals surface area contributed by atoms with Gasteiger partial charge in [-0.3, -0.25) is 0 Å². The van der Waals surface area contributed by atoms with Gasteiger partial charge in [0.2, 0.25) is 0 Å². The maximum atomic E-state index is 2.44. The molecule has 0 heteroatoms. The number of benzene rings is 2. The fourth-order valence-electron chi connectivity index (χ4n) is 3.48. The van der Waals surface area contributed by atoms with Crippen LogP contribution in [0.15, 0.2) is 48.5 Å². The summed E-state index contributed by atoms with van der Waals surface area (Å²) in [6.45, 7) is 6.74. The maximum absolute atomic E-state index is 2.44. The standard InChI is InChI=1S/C22H26/c1-4-18(14-19-10-9-16(2)17(3)13-19)15-21-12-11-20-7-5-6-8-22(20)21/h5-10,12-13,18H,4,11,14-15H2,1-3H3/t18-/m0/s1. The summed E-state index contributed by atoms with van der Waals surface area (Å²) in [7, 11) is 0. The topological polar surface area (TPSA) is 0 Å². The first-order valence-corrected chi connectivity index (χ1v) is 8.50. The SMILES string of the molecule is CC[C@H](CC1=CCc2ccccc21)Cc1ccc(C)c(C)c1. The molecular formula is C22H26. The number of hydrogen-bond acceptors (Lipinski definition) is 0. The summed E-state index contributed by atoms with van der Waals surface area (Å²) in [5.74, 6) is 0.736. The van der Waals surface area contributed by atoms with Crippen molar-refractivity contribution in [1.29, 1.82) is 0 Å². The molecule has 114 valence electrons. The zero-order valence-corrected chi connectivity index (χ0v) is 14.0. The molecule has 0 fully saturated rings. The highest BCUT2D eigenvalue weighted by atomic mass is 14.2. The Morgan fingerprint density at radius 1 is 0.955 bits per heavy atom. The molecule has 1 atom stereocenters. The molecule has 0 spiro atoms. The van der Waals surface area contributed by atoms with Crippen molar-refractivity contribution in [2.75, 3.05) is 0 Å². The molecule has 3 rings (SSSR count). The number of rotatable bonds is 5. The molecule has 0 nitrogen and oxygen atoms in total. The van der Waals surface area contributed by atoms with E-state index in [1.807, 2.05) is 0 Å². The molecule has 0 N–H and O–H groups in total. The summed E-state index contributed by atoms with van der Waals surface area (Å²) >= 11 is 0. The van der Waals surface area contributed by atoms with E-state index in [0.717, 1.165) is 12.3 Å². The lowest BCUT2D eigenvalue weighted by atomic mass is 9.88. The first kappa shape index (κ1) is 15.1. The van der Waals surface area contributed by atoms with E-state index in [9.17, 15) is 0 Å². The lowest BCUT2D eigenvalue weighted by Gasteiger charge is -2.17. The molecule has 0 heterocycles. The summed E-state index contributed by atoms with van der Waals surface area (Å²) in [6, 6.07) is 15.8. The Bertz CT molecular complexity index is 691. The summed E-state index contributed by atoms with van der Waals surface area (Å²) < 4.78 is 0. The van der Waals surface area contributed by atoms with Crippen molar-refractivity contribution in [1.82, 2.24) is 0 Å². The van der Waals surface area contributed by atoms with Crippen molar-refractivity contribution in [3.8, 4) is 0 Å². The third-order valence-electron chi connectivity index (χ3n) is 5.11. The van der Waals surface area contributed by atoms with Crippen LogP contribution in [0.2, 0.25) is 0 Å². The fourth-order valence-corrected chi connectivity index (χ4v) is 3.48. The van der Waals surface area contributed by atoms with Gasteiger partial charge in [-0.05, 0) is 72.4 Å². The zero-order valence-electron chi connectivity index (χ0n) is 14.0. The Morgan fingerprint density at radius 2 is 1.77 bits per heavy atom. The number of aryl methyl sites for hydroxylation is 2. The molecular weight excluding hydrogens is 264 g/mol. The predicted octanol–water partition coefficient (Wildman–Crippen LogP) is 5.90. The smallest absolute Gasteiger partial charge is 0.00854 e. The van der Waals surface area contributed by atoms with Gasteiger partial charge in [-0.2, -0.15) is 0 Å². The predicted molar refractivity (Wildman–Crippen MR) is 96.1 cm³/mol. The second kappa shape index (κ2) is 6.52. The molecule has 0 amide bonds. The van der Waals surface area contributed by atoms with Crippen LogP contribution in [-0.4, -0.2) is 0 Å². The largest absolute Gasteiger partial charge is 0.0763 e. The Morgan fingerprint density at radius 3 is 2.55 bits per heavy atom. The highest BCUT2D eigenvalue weighted by Gasteiger charge is 2.17. The van der Waals surface area contributed by atoms with E-state index in [4.69, 9.17) is 0 Å². The van der Waals surface area contributed by atoms with Gasteiger partial charge >= 0.3 is 0 Å². The Balaban J connectivity index is 1.72. The summed E-state index contributed by atoms with van der Waals surface area (Å²) in [6.07, 6.45) is 7.20. The van der Waals surface area contributed by atoms with Crippen molar-refractivity contribution in [3.05, 3.63) is 76.4 Å². The van der Waals surface area contributed by atoms with Gasteiger partial charge in [0.15, 0.2) is 0 Å². The van der Waals surface area contributed by atoms with Gasteiger partial charge in [-0.15, -0.1) is 0 Å². The minimum Gasteiger partial charge on any atom is -0.0763 e. The van der Waals surface area contributed by atoms with Crippen LogP contribution in [0.25, 0.3) is 5.57 Å². The molecule has 0 aliphatic heterocycles. The van der Waals surface area contributed by atoms with Gasteiger partial charge in [0.05, 0.1) is 0 Å². The van der Waals surface area contributed by atoms with E-state index in [1.165, 1.54) is 47.1 Å². The average molecular weight is 290 g/mol. The van der Waals surface area contributed by atoms with E-state index in [2.05, 4.69) is 69.3 Å². The second-order valence-electron chi connectivity index (χ2n) is 6.69. The van der Waals surface area contributed by atoms with E-state index >= 15 is 0 Å². The zero-order chi connectivity index (χ0) is 15.5. The van der Waals surface area contributed by atoms with Crippen LogP contribution < -0.4 is 0 Å². The second-order valence-corrected chi connectivity index (χ2v) is 6.69. The van der Waals surface area contributed by atoms with E-state index < -0.39 is 0 Å². The van der Waals surface area contributed by atoms with Crippen molar-refractivity contribution in [2.24, 2.45) is 5.92 Å². The highest BCUT2D eigenvalue weighted by Crippen LogP contribution is 2.33. The van der Waals surface area contributed by atoms with Gasteiger partial charge < -0.3 is 0 Å². The van der Waals surface area contributed by atoms with Gasteiger partial charge in [-0.1, -0.05) is 61.9 Å². The molecule has 0 unspecified atom stereocenters. The van der Waals surface area contributed by atoms with E-state index in [-0.39, 0.29) is 0 Å². The molecule has 0 radical (unpaired) electrons. The number of fused-ring (bicyclic) bond motifs is 1. The van der Waals surface area contributed by atoms with E-state index in [0.29, 0.717) is 0 Å². The van der Waals surface area contributed by atoms with Gasteiger partial charge in [0.1, 0.15) is 0 Å². The van der Waals surface area contributed by atoms with Crippen LogP contribution in [0.4, 0.5) is 0 Å². The van der Waals surface area contributed by atoms with Crippen molar-refractivity contribution in [2.45, 2.75) is 46.5 Å². The van der Waals surface area contributed by atoms with Crippen molar-refractivity contribution >= 4 is 5.57 Å². The summed E-state index contributed by atoms with van der Waals surface area (Å²) in [5, 5.41) is 0. The van der Waals surface area contributed by atoms with Crippen LogP contribution in [0.1, 0.15) is 47.6 Å². The lowest BCUT2D eigenvalue weighted by Crippen LogP contribution is -2.05. The van der Waals surface area contributed by atoms with Gasteiger partial charge in [-0.25, -0.2) is 0 Å². The first-order valence-electron chi connectivity index (χ1n) is 8.50. The molecule has 0 saturated heterocycles. The minimum absolute atomic E-state index is 0.736. The van der Waals surface area contributed by atoms with Crippen LogP contribution in [0.5, 0.6) is 0 Å². The third-order valence-corrected chi connectivity index (χ3v) is 5.11. The van der Waals surface area contributed by atoms with Crippen LogP contribution >= 0.6 is 0 Å². The molecule has 22 heavy (non-hydrogen) atoms. The number of hydrogen-bond donors (Lipinski definition) is 0. The van der Waals surface area contributed by atoms with Crippen LogP contribution in [0, 0.1) is 19.8 Å². The molecule has 2 aromatic rings. The monoisotopic (exact) mass is 290 g/mol. The Hall–Kier alpha value is -1.82. The van der Waals surface area contributed by atoms with Crippen molar-refractivity contribution < 1.29 is 0 Å². The molecule has 1 aliphatic rings. The lowest BCUT2D eigenvalue weighted by molar-refractivity contribution is 0.520. The number of allylic oxidation sites excluding steroid dienone is 2. The first-order chi connectivity index (χ1) is 10.7. The normalized spacial score (nSPS) is 14.6. The minimum atomic E-state index is 0.736. The fraction of sp³-hybridized carbons (Fsp3) is 0.364. The van der Waals surface area contributed by atoms with Gasteiger partial charge in [0.25, 0.3) is 0 Å². The highest BCUT2D eigenvalue weighted by molar-refractivity contribution is 5.73. The van der Waals surface area contributed by atoms with Crippen LogP contribution in [0.3, 0.4) is 0 Å². The molecule has 0 saturated carbocycles. The Labute approximate surface area is 134 Å². The molecule has 2 aromatic carbocycles. The Kier molecular flexibility index (Phi) is 4.47. The van der Waals surface area contributed by atoms with Crippen molar-refractivity contribution in [3.63, 3.8) is 0 Å².